The second-order valence-corrected chi connectivity index (χ2v) is 6.39. The maximum atomic E-state index is 13.3. The second-order valence-electron chi connectivity index (χ2n) is 6.39. The van der Waals surface area contributed by atoms with Crippen molar-refractivity contribution in [2.24, 2.45) is 0 Å². The summed E-state index contributed by atoms with van der Waals surface area (Å²) in [5, 5.41) is 7.77. The van der Waals surface area contributed by atoms with Gasteiger partial charge in [-0.2, -0.15) is 10.1 Å². The Balaban J connectivity index is 1.34. The van der Waals surface area contributed by atoms with Crippen molar-refractivity contribution in [2.75, 3.05) is 18.0 Å². The third-order valence-electron chi connectivity index (χ3n) is 4.81. The number of hydrogen-bond acceptors (Lipinski definition) is 5. The summed E-state index contributed by atoms with van der Waals surface area (Å²) in [4.78, 5) is 19.0. The molecule has 8 heteroatoms. The Hall–Kier alpha value is -3.03. The largest absolute Gasteiger partial charge is 0.342 e. The van der Waals surface area contributed by atoms with Crippen LogP contribution in [0.25, 0.3) is 22.1 Å². The van der Waals surface area contributed by atoms with E-state index >= 15 is 0 Å². The quantitative estimate of drug-likeness (QED) is 0.587. The summed E-state index contributed by atoms with van der Waals surface area (Å²) in [5.41, 5.74) is 2.32. The highest BCUT2D eigenvalue weighted by Crippen LogP contribution is 2.29. The van der Waals surface area contributed by atoms with Gasteiger partial charge in [0.1, 0.15) is 11.6 Å². The van der Waals surface area contributed by atoms with Gasteiger partial charge >= 0.3 is 0 Å². The molecule has 0 atom stereocenters. The average Bonchev–Trinajstić information content (AvgIpc) is 3.27. The van der Waals surface area contributed by atoms with Crippen molar-refractivity contribution in [2.45, 2.75) is 18.8 Å². The molecule has 1 aromatic carbocycles. The van der Waals surface area contributed by atoms with Crippen molar-refractivity contribution in [3.63, 3.8) is 0 Å². The van der Waals surface area contributed by atoms with Crippen LogP contribution in [0.2, 0.25) is 0 Å². The number of H-pyrrole nitrogens is 2. The predicted molar refractivity (Wildman–Crippen MR) is 91.9 cm³/mol. The van der Waals surface area contributed by atoms with Gasteiger partial charge in [0, 0.05) is 25.2 Å². The van der Waals surface area contributed by atoms with Crippen LogP contribution >= 0.6 is 0 Å². The van der Waals surface area contributed by atoms with Crippen molar-refractivity contribution in [3.05, 3.63) is 42.2 Å². The summed E-state index contributed by atoms with van der Waals surface area (Å²) >= 11 is 0. The zero-order valence-electron chi connectivity index (χ0n) is 13.4. The number of aromatic nitrogens is 6. The summed E-state index contributed by atoms with van der Waals surface area (Å²) < 4.78 is 13.3. The molecule has 0 unspecified atom stereocenters. The Kier molecular flexibility index (Phi) is 3.16. The fourth-order valence-electron chi connectivity index (χ4n) is 3.43. The van der Waals surface area contributed by atoms with Crippen LogP contribution in [0.5, 0.6) is 0 Å². The molecule has 5 rings (SSSR count). The highest BCUT2D eigenvalue weighted by Gasteiger charge is 2.24. The number of piperidine rings is 1. The number of fused-ring (bicyclic) bond motifs is 2. The van der Waals surface area contributed by atoms with Crippen molar-refractivity contribution in [1.82, 2.24) is 30.1 Å². The van der Waals surface area contributed by atoms with Crippen LogP contribution < -0.4 is 4.90 Å². The first-order chi connectivity index (χ1) is 12.3. The molecule has 1 aliphatic heterocycles. The third-order valence-corrected chi connectivity index (χ3v) is 4.81. The number of nitrogens with zero attached hydrogens (tertiary/aromatic N) is 5. The summed E-state index contributed by atoms with van der Waals surface area (Å²) in [6, 6.07) is 4.65. The van der Waals surface area contributed by atoms with E-state index in [1.54, 1.807) is 18.5 Å². The lowest BCUT2D eigenvalue weighted by Gasteiger charge is -2.31. The lowest BCUT2D eigenvalue weighted by atomic mass is 9.96. The first-order valence-electron chi connectivity index (χ1n) is 8.32. The number of anilines is 1. The van der Waals surface area contributed by atoms with E-state index in [1.165, 1.54) is 12.1 Å². The Morgan fingerprint density at radius 3 is 2.88 bits per heavy atom. The van der Waals surface area contributed by atoms with Crippen LogP contribution in [0.4, 0.5) is 10.3 Å². The number of halogens is 1. The van der Waals surface area contributed by atoms with Gasteiger partial charge in [0.05, 0.1) is 22.6 Å². The number of imidazole rings is 1. The van der Waals surface area contributed by atoms with E-state index in [2.05, 4.69) is 35.0 Å². The van der Waals surface area contributed by atoms with Gasteiger partial charge in [-0.05, 0) is 31.0 Å². The highest BCUT2D eigenvalue weighted by atomic mass is 19.1. The lowest BCUT2D eigenvalue weighted by Crippen LogP contribution is -2.34. The molecule has 0 bridgehead atoms. The second kappa shape index (κ2) is 5.51. The molecule has 0 radical (unpaired) electrons. The van der Waals surface area contributed by atoms with Crippen LogP contribution in [0.1, 0.15) is 24.6 Å². The molecule has 2 N–H and O–H groups in total. The molecule has 25 heavy (non-hydrogen) atoms. The summed E-state index contributed by atoms with van der Waals surface area (Å²) in [7, 11) is 0. The van der Waals surface area contributed by atoms with Crippen molar-refractivity contribution in [3.8, 4) is 0 Å². The molecular weight excluding hydrogens is 321 g/mol. The Morgan fingerprint density at radius 2 is 2.00 bits per heavy atom. The molecule has 126 valence electrons. The van der Waals surface area contributed by atoms with Gasteiger partial charge < -0.3 is 9.88 Å². The van der Waals surface area contributed by atoms with E-state index in [0.29, 0.717) is 5.92 Å². The van der Waals surface area contributed by atoms with Crippen LogP contribution in [-0.4, -0.2) is 43.2 Å². The van der Waals surface area contributed by atoms with Gasteiger partial charge in [-0.1, -0.05) is 0 Å². The lowest BCUT2D eigenvalue weighted by molar-refractivity contribution is 0.484. The molecule has 0 spiro atoms. The minimum absolute atomic E-state index is 0.246. The Morgan fingerprint density at radius 1 is 1.12 bits per heavy atom. The topological polar surface area (TPSA) is 86.4 Å². The van der Waals surface area contributed by atoms with Crippen LogP contribution in [0.3, 0.4) is 0 Å². The van der Waals surface area contributed by atoms with Crippen molar-refractivity contribution < 1.29 is 4.39 Å². The zero-order chi connectivity index (χ0) is 16.8. The third kappa shape index (κ3) is 2.50. The first kappa shape index (κ1) is 14.3. The zero-order valence-corrected chi connectivity index (χ0v) is 13.4. The number of rotatable bonds is 2. The summed E-state index contributed by atoms with van der Waals surface area (Å²) in [6.45, 7) is 1.71. The molecule has 0 saturated carbocycles. The molecule has 0 amide bonds. The first-order valence-corrected chi connectivity index (χ1v) is 8.32. The highest BCUT2D eigenvalue weighted by molar-refractivity contribution is 5.75. The minimum atomic E-state index is -0.246. The van der Waals surface area contributed by atoms with Gasteiger partial charge in [-0.3, -0.25) is 5.10 Å². The molecule has 4 heterocycles. The van der Waals surface area contributed by atoms with E-state index in [9.17, 15) is 4.39 Å². The summed E-state index contributed by atoms with van der Waals surface area (Å²) in [5.74, 6) is 1.75. The van der Waals surface area contributed by atoms with Gasteiger partial charge in [-0.15, -0.1) is 0 Å². The Labute approximate surface area is 142 Å². The van der Waals surface area contributed by atoms with E-state index in [0.717, 1.165) is 59.8 Å². The van der Waals surface area contributed by atoms with Crippen LogP contribution in [0.15, 0.2) is 30.6 Å². The monoisotopic (exact) mass is 337 g/mol. The fourth-order valence-corrected chi connectivity index (χ4v) is 3.43. The number of benzene rings is 1. The number of aromatic amines is 2. The maximum Gasteiger partial charge on any atom is 0.227 e. The fraction of sp³-hybridized carbons (Fsp3) is 0.294. The molecule has 0 aliphatic carbocycles. The summed E-state index contributed by atoms with van der Waals surface area (Å²) in [6.07, 6.45) is 5.41. The van der Waals surface area contributed by atoms with E-state index in [-0.39, 0.29) is 5.82 Å². The van der Waals surface area contributed by atoms with E-state index < -0.39 is 0 Å². The number of nitrogens with one attached hydrogen (secondary N) is 2. The van der Waals surface area contributed by atoms with Crippen molar-refractivity contribution in [1.29, 1.82) is 0 Å². The van der Waals surface area contributed by atoms with Gasteiger partial charge in [-0.25, -0.2) is 14.4 Å². The SMILES string of the molecule is Fc1ccc2nc(C3CCN(c4ncc5cn[nH]c5n4)CC3)[nH]c2c1. The molecule has 3 aromatic heterocycles. The number of hydrogen-bond donors (Lipinski definition) is 2. The predicted octanol–water partition coefficient (Wildman–Crippen LogP) is 2.75. The van der Waals surface area contributed by atoms with Crippen LogP contribution in [0, 0.1) is 5.82 Å². The van der Waals surface area contributed by atoms with Crippen molar-refractivity contribution >= 4 is 28.0 Å². The molecule has 4 aromatic rings. The molecule has 7 nitrogen and oxygen atoms in total. The minimum Gasteiger partial charge on any atom is -0.342 e. The molecular formula is C17H16FN7. The molecule has 1 aliphatic rings. The molecule has 1 fully saturated rings. The molecule has 1 saturated heterocycles. The van der Waals surface area contributed by atoms with E-state index in [1.807, 2.05) is 0 Å². The maximum absolute atomic E-state index is 13.3. The Bertz CT molecular complexity index is 1050. The van der Waals surface area contributed by atoms with Crippen LogP contribution in [-0.2, 0) is 0 Å². The van der Waals surface area contributed by atoms with Gasteiger partial charge in [0.15, 0.2) is 5.65 Å². The van der Waals surface area contributed by atoms with Gasteiger partial charge in [0.25, 0.3) is 0 Å². The standard InChI is InChI=1S/C17H16FN7/c18-12-1-2-13-14(7-12)22-15(21-13)10-3-5-25(6-4-10)17-19-8-11-9-20-24-16(11)23-17/h1-2,7-10H,3-6H2,(H,21,22)(H,19,20,23,24). The normalized spacial score (nSPS) is 16.1. The van der Waals surface area contributed by atoms with Gasteiger partial charge in [0.2, 0.25) is 5.95 Å². The smallest absolute Gasteiger partial charge is 0.227 e. The average molecular weight is 337 g/mol. The van der Waals surface area contributed by atoms with E-state index in [4.69, 9.17) is 0 Å².